The molecular weight excluding hydrogens is 256 g/mol. The lowest BCUT2D eigenvalue weighted by molar-refractivity contribution is 0.494. The lowest BCUT2D eigenvalue weighted by Gasteiger charge is -2.37. The molecule has 0 N–H and O–H groups in total. The van der Waals surface area contributed by atoms with Crippen molar-refractivity contribution in [2.24, 2.45) is 5.41 Å². The molecule has 1 aromatic carbocycles. The van der Waals surface area contributed by atoms with E-state index in [1.54, 1.807) is 10.8 Å². The van der Waals surface area contributed by atoms with E-state index >= 15 is 0 Å². The van der Waals surface area contributed by atoms with Crippen LogP contribution in [0.1, 0.15) is 31.9 Å². The Morgan fingerprint density at radius 1 is 0.950 bits per heavy atom. The summed E-state index contributed by atoms with van der Waals surface area (Å²) in [5.74, 6) is 0. The average Bonchev–Trinajstić information content (AvgIpc) is 2.76. The summed E-state index contributed by atoms with van der Waals surface area (Å²) in [4.78, 5) is 0. The lowest BCUT2D eigenvalue weighted by atomic mass is 9.85. The Morgan fingerprint density at radius 2 is 1.50 bits per heavy atom. The summed E-state index contributed by atoms with van der Waals surface area (Å²) in [5.41, 5.74) is 5.28. The Kier molecular flexibility index (Phi) is 3.85. The van der Waals surface area contributed by atoms with E-state index in [1.165, 1.54) is 11.1 Å². The largest absolute Gasteiger partial charge is 0.0915 e. The molecule has 1 heteroatoms. The predicted molar refractivity (Wildman–Crippen MR) is 93.5 cm³/mol. The van der Waals surface area contributed by atoms with E-state index in [4.69, 9.17) is 0 Å². The standard InChI is InChI=1S/C19H28Si/c1-14-11-15(2)13-16(12-14)20(6,7)18-10-8-9-17(18)19(3,4)5/h8-13,18H,1-7H3. The van der Waals surface area contributed by atoms with Crippen molar-refractivity contribution >= 4 is 13.3 Å². The molecule has 0 nitrogen and oxygen atoms in total. The van der Waals surface area contributed by atoms with E-state index in [0.717, 1.165) is 0 Å². The van der Waals surface area contributed by atoms with Gasteiger partial charge in [-0.3, -0.25) is 0 Å². The molecule has 1 atom stereocenters. The second-order valence-electron chi connectivity index (χ2n) is 7.83. The lowest BCUT2D eigenvalue weighted by Crippen LogP contribution is -2.47. The third kappa shape index (κ3) is 2.83. The Hall–Kier alpha value is -1.08. The van der Waals surface area contributed by atoms with Gasteiger partial charge in [-0.1, -0.05) is 92.2 Å². The van der Waals surface area contributed by atoms with Gasteiger partial charge in [0.25, 0.3) is 0 Å². The van der Waals surface area contributed by atoms with Gasteiger partial charge in [-0.25, -0.2) is 0 Å². The van der Waals surface area contributed by atoms with Crippen LogP contribution in [0.5, 0.6) is 0 Å². The van der Waals surface area contributed by atoms with Gasteiger partial charge in [0.2, 0.25) is 0 Å². The van der Waals surface area contributed by atoms with Gasteiger partial charge in [-0.05, 0) is 24.8 Å². The van der Waals surface area contributed by atoms with Gasteiger partial charge >= 0.3 is 0 Å². The minimum absolute atomic E-state index is 0.261. The van der Waals surface area contributed by atoms with Crippen LogP contribution in [0.2, 0.25) is 18.6 Å². The molecule has 20 heavy (non-hydrogen) atoms. The molecule has 0 bridgehead atoms. The fourth-order valence-corrected chi connectivity index (χ4v) is 6.81. The first kappa shape index (κ1) is 15.3. The minimum atomic E-state index is -1.54. The van der Waals surface area contributed by atoms with Crippen LogP contribution in [-0.2, 0) is 0 Å². The first-order chi connectivity index (χ1) is 9.12. The first-order valence-electron chi connectivity index (χ1n) is 7.60. The Morgan fingerprint density at radius 3 is 2.00 bits per heavy atom. The molecule has 1 aliphatic rings. The summed E-state index contributed by atoms with van der Waals surface area (Å²) in [6.45, 7) is 16.5. The van der Waals surface area contributed by atoms with Crippen LogP contribution in [0.3, 0.4) is 0 Å². The maximum Gasteiger partial charge on any atom is 0.0915 e. The fraction of sp³-hybridized carbons (Fsp3) is 0.474. The average molecular weight is 285 g/mol. The molecule has 1 aromatic rings. The molecule has 0 radical (unpaired) electrons. The number of hydrogen-bond acceptors (Lipinski definition) is 0. The van der Waals surface area contributed by atoms with Gasteiger partial charge < -0.3 is 0 Å². The highest BCUT2D eigenvalue weighted by molar-refractivity contribution is 6.92. The highest BCUT2D eigenvalue weighted by atomic mass is 28.3. The highest BCUT2D eigenvalue weighted by Crippen LogP contribution is 2.44. The zero-order valence-corrected chi connectivity index (χ0v) is 15.0. The van der Waals surface area contributed by atoms with Gasteiger partial charge in [-0.2, -0.15) is 0 Å². The zero-order chi connectivity index (χ0) is 15.1. The summed E-state index contributed by atoms with van der Waals surface area (Å²) in [6, 6.07) is 7.09. The number of aryl methyl sites for hydroxylation is 2. The van der Waals surface area contributed by atoms with E-state index in [2.05, 4.69) is 84.1 Å². The minimum Gasteiger partial charge on any atom is -0.0797 e. The number of hydrogen-bond donors (Lipinski definition) is 0. The highest BCUT2D eigenvalue weighted by Gasteiger charge is 2.39. The van der Waals surface area contributed by atoms with Gasteiger partial charge in [0, 0.05) is 0 Å². The van der Waals surface area contributed by atoms with Crippen LogP contribution in [0, 0.1) is 19.3 Å². The van der Waals surface area contributed by atoms with Crippen LogP contribution in [0.4, 0.5) is 0 Å². The third-order valence-corrected chi connectivity index (χ3v) is 8.36. The molecule has 0 aromatic heterocycles. The second-order valence-corrected chi connectivity index (χ2v) is 12.5. The molecule has 0 fully saturated rings. The van der Waals surface area contributed by atoms with Gasteiger partial charge in [0.05, 0.1) is 8.07 Å². The number of benzene rings is 1. The van der Waals surface area contributed by atoms with E-state index in [9.17, 15) is 0 Å². The quantitative estimate of drug-likeness (QED) is 0.660. The molecule has 0 heterocycles. The van der Waals surface area contributed by atoms with Crippen molar-refractivity contribution < 1.29 is 0 Å². The molecule has 1 aliphatic carbocycles. The van der Waals surface area contributed by atoms with E-state index in [0.29, 0.717) is 5.54 Å². The van der Waals surface area contributed by atoms with E-state index in [-0.39, 0.29) is 5.41 Å². The van der Waals surface area contributed by atoms with Gasteiger partial charge in [0.15, 0.2) is 0 Å². The van der Waals surface area contributed by atoms with Crippen molar-refractivity contribution in [2.75, 3.05) is 0 Å². The SMILES string of the molecule is Cc1cc(C)cc([Si](C)(C)C2C=CC=C2C(C)(C)C)c1. The molecule has 0 spiro atoms. The van der Waals surface area contributed by atoms with Crippen molar-refractivity contribution in [3.8, 4) is 0 Å². The second kappa shape index (κ2) is 5.03. The Bertz CT molecular complexity index is 548. The summed E-state index contributed by atoms with van der Waals surface area (Å²) in [6.07, 6.45) is 7.05. The molecule has 0 amide bonds. The molecule has 0 saturated carbocycles. The van der Waals surface area contributed by atoms with Crippen molar-refractivity contribution in [1.82, 2.24) is 0 Å². The number of rotatable bonds is 2. The molecule has 108 valence electrons. The maximum atomic E-state index is 2.52. The number of allylic oxidation sites excluding steroid dienone is 4. The summed E-state index contributed by atoms with van der Waals surface area (Å²) in [7, 11) is -1.54. The van der Waals surface area contributed by atoms with Crippen molar-refractivity contribution in [2.45, 2.75) is 53.3 Å². The summed E-state index contributed by atoms with van der Waals surface area (Å²) < 4.78 is 0. The van der Waals surface area contributed by atoms with Crippen LogP contribution < -0.4 is 5.19 Å². The first-order valence-corrected chi connectivity index (χ1v) is 10.7. The molecule has 0 saturated heterocycles. The van der Waals surface area contributed by atoms with E-state index < -0.39 is 8.07 Å². The Balaban J connectivity index is 2.45. The smallest absolute Gasteiger partial charge is 0.0797 e. The molecule has 0 aliphatic heterocycles. The van der Waals surface area contributed by atoms with Crippen LogP contribution >= 0.6 is 0 Å². The Labute approximate surface area is 125 Å². The van der Waals surface area contributed by atoms with E-state index in [1.807, 2.05) is 0 Å². The fourth-order valence-electron chi connectivity index (χ4n) is 3.35. The topological polar surface area (TPSA) is 0 Å². The van der Waals surface area contributed by atoms with Crippen molar-refractivity contribution in [1.29, 1.82) is 0 Å². The van der Waals surface area contributed by atoms with Crippen LogP contribution in [0.15, 0.2) is 42.0 Å². The van der Waals surface area contributed by atoms with Gasteiger partial charge in [-0.15, -0.1) is 0 Å². The summed E-state index contributed by atoms with van der Waals surface area (Å²) >= 11 is 0. The monoisotopic (exact) mass is 284 g/mol. The normalized spacial score (nSPS) is 19.4. The van der Waals surface area contributed by atoms with Crippen molar-refractivity contribution in [3.05, 3.63) is 53.1 Å². The maximum absolute atomic E-state index is 2.52. The predicted octanol–water partition coefficient (Wildman–Crippen LogP) is 5.13. The zero-order valence-electron chi connectivity index (χ0n) is 14.0. The van der Waals surface area contributed by atoms with Crippen molar-refractivity contribution in [3.63, 3.8) is 0 Å². The molecular formula is C19H28Si. The van der Waals surface area contributed by atoms with Crippen LogP contribution in [-0.4, -0.2) is 8.07 Å². The third-order valence-electron chi connectivity index (χ3n) is 4.52. The molecule has 2 rings (SSSR count). The molecule has 1 unspecified atom stereocenters. The van der Waals surface area contributed by atoms with Crippen LogP contribution in [0.25, 0.3) is 0 Å². The summed E-state index contributed by atoms with van der Waals surface area (Å²) in [5, 5.41) is 1.58. The van der Waals surface area contributed by atoms with Gasteiger partial charge in [0.1, 0.15) is 0 Å².